The average molecular weight is 554 g/mol. The van der Waals surface area contributed by atoms with Gasteiger partial charge in [0.2, 0.25) is 21.8 Å². The molecule has 1 unspecified atom stereocenters. The minimum Gasteiger partial charge on any atom is -0.352 e. The zero-order valence-electron chi connectivity index (χ0n) is 23.0. The molecule has 3 rings (SSSR count). The smallest absolute Gasteiger partial charge is 0.244 e. The number of halogens is 1. The highest BCUT2D eigenvalue weighted by atomic mass is 32.2. The van der Waals surface area contributed by atoms with E-state index in [4.69, 9.17) is 0 Å². The summed E-state index contributed by atoms with van der Waals surface area (Å²) in [4.78, 5) is 28.9. The largest absolute Gasteiger partial charge is 0.352 e. The summed E-state index contributed by atoms with van der Waals surface area (Å²) in [5.74, 6) is -1.33. The molecule has 0 saturated heterocycles. The van der Waals surface area contributed by atoms with Gasteiger partial charge in [0.25, 0.3) is 0 Å². The molecule has 208 valence electrons. The first-order chi connectivity index (χ1) is 18.4. The maximum absolute atomic E-state index is 14.0. The molecule has 0 bridgehead atoms. The van der Waals surface area contributed by atoms with Crippen molar-refractivity contribution < 1.29 is 22.4 Å². The molecule has 1 N–H and O–H groups in total. The summed E-state index contributed by atoms with van der Waals surface area (Å²) in [6, 6.07) is 19.1. The molecule has 0 aliphatic rings. The molecule has 39 heavy (non-hydrogen) atoms. The molecule has 0 spiro atoms. The van der Waals surface area contributed by atoms with Gasteiger partial charge in [0.05, 0.1) is 11.9 Å². The number of rotatable bonds is 11. The number of amides is 2. The van der Waals surface area contributed by atoms with Crippen LogP contribution in [0.5, 0.6) is 0 Å². The number of hydrogen-bond acceptors (Lipinski definition) is 4. The number of hydrogen-bond donors (Lipinski definition) is 1. The number of nitrogens with one attached hydrogen (secondary N) is 1. The number of carbonyl (C=O) groups is 2. The van der Waals surface area contributed by atoms with E-state index in [2.05, 4.69) is 5.32 Å². The van der Waals surface area contributed by atoms with Gasteiger partial charge in [0.1, 0.15) is 18.4 Å². The summed E-state index contributed by atoms with van der Waals surface area (Å²) >= 11 is 0. The van der Waals surface area contributed by atoms with Gasteiger partial charge >= 0.3 is 0 Å². The van der Waals surface area contributed by atoms with E-state index < -0.39 is 34.3 Å². The Labute approximate surface area is 230 Å². The predicted molar refractivity (Wildman–Crippen MR) is 152 cm³/mol. The first kappa shape index (κ1) is 29.8. The normalized spacial score (nSPS) is 12.2. The minimum absolute atomic E-state index is 0.00741. The van der Waals surface area contributed by atoms with E-state index in [9.17, 15) is 22.4 Å². The SMILES string of the molecule is Cc1cccc(N(CC(=O)N(Cc2ccc(F)cc2)C(Cc2ccccc2)C(=O)NC(C)C)S(C)(=O)=O)c1C. The lowest BCUT2D eigenvalue weighted by Crippen LogP contribution is -2.54. The molecule has 0 saturated carbocycles. The number of aryl methyl sites for hydroxylation is 1. The van der Waals surface area contributed by atoms with Gasteiger partial charge < -0.3 is 10.2 Å². The van der Waals surface area contributed by atoms with Gasteiger partial charge in [-0.3, -0.25) is 13.9 Å². The molecule has 7 nitrogen and oxygen atoms in total. The van der Waals surface area contributed by atoms with E-state index in [0.717, 1.165) is 27.3 Å². The Morgan fingerprint density at radius 1 is 0.897 bits per heavy atom. The van der Waals surface area contributed by atoms with Crippen LogP contribution in [-0.4, -0.2) is 50.0 Å². The van der Waals surface area contributed by atoms with Crippen molar-refractivity contribution in [3.63, 3.8) is 0 Å². The van der Waals surface area contributed by atoms with Crippen LogP contribution in [0.3, 0.4) is 0 Å². The summed E-state index contributed by atoms with van der Waals surface area (Å²) in [6.07, 6.45) is 1.27. The van der Waals surface area contributed by atoms with Crippen molar-refractivity contribution in [1.82, 2.24) is 10.2 Å². The standard InChI is InChI=1S/C30H36FN3O4S/c1-21(2)32-30(36)28(18-24-11-7-6-8-12-24)33(19-25-14-16-26(31)17-15-25)29(35)20-34(39(5,37)38)27-13-9-10-22(3)23(27)4/h6-17,21,28H,18-20H2,1-5H3,(H,32,36). The molecule has 0 heterocycles. The van der Waals surface area contributed by atoms with Crippen molar-refractivity contribution in [2.45, 2.75) is 52.7 Å². The molecule has 3 aromatic carbocycles. The average Bonchev–Trinajstić information content (AvgIpc) is 2.87. The Kier molecular flexibility index (Phi) is 9.86. The lowest BCUT2D eigenvalue weighted by molar-refractivity contribution is -0.140. The zero-order valence-corrected chi connectivity index (χ0v) is 23.8. The quantitative estimate of drug-likeness (QED) is 0.382. The van der Waals surface area contributed by atoms with E-state index in [-0.39, 0.29) is 24.9 Å². The predicted octanol–water partition coefficient (Wildman–Crippen LogP) is 4.37. The van der Waals surface area contributed by atoms with E-state index >= 15 is 0 Å². The van der Waals surface area contributed by atoms with Gasteiger partial charge in [-0.05, 0) is 68.1 Å². The number of benzene rings is 3. The Morgan fingerprint density at radius 3 is 2.13 bits per heavy atom. The topological polar surface area (TPSA) is 86.8 Å². The monoisotopic (exact) mass is 553 g/mol. The highest BCUT2D eigenvalue weighted by Gasteiger charge is 2.33. The first-order valence-corrected chi connectivity index (χ1v) is 14.6. The van der Waals surface area contributed by atoms with Gasteiger partial charge in [-0.1, -0.05) is 54.6 Å². The lowest BCUT2D eigenvalue weighted by atomic mass is 10.0. The van der Waals surface area contributed by atoms with Crippen LogP contribution in [0.4, 0.5) is 10.1 Å². The van der Waals surface area contributed by atoms with Crippen molar-refractivity contribution in [1.29, 1.82) is 0 Å². The summed E-state index contributed by atoms with van der Waals surface area (Å²) in [6.45, 7) is 6.83. The number of nitrogens with zero attached hydrogens (tertiary/aromatic N) is 2. The van der Waals surface area contributed by atoms with E-state index in [0.29, 0.717) is 11.3 Å². The van der Waals surface area contributed by atoms with Crippen LogP contribution in [0.2, 0.25) is 0 Å². The Bertz CT molecular complexity index is 1390. The second kappa shape index (κ2) is 12.9. The van der Waals surface area contributed by atoms with Crippen LogP contribution in [0, 0.1) is 19.7 Å². The minimum atomic E-state index is -3.85. The summed E-state index contributed by atoms with van der Waals surface area (Å²) in [5.41, 5.74) is 3.47. The zero-order chi connectivity index (χ0) is 28.7. The van der Waals surface area contributed by atoms with Crippen molar-refractivity contribution in [3.8, 4) is 0 Å². The second-order valence-corrected chi connectivity index (χ2v) is 11.9. The van der Waals surface area contributed by atoms with Gasteiger partial charge in [-0.15, -0.1) is 0 Å². The maximum Gasteiger partial charge on any atom is 0.244 e. The Hall–Kier alpha value is -3.72. The van der Waals surface area contributed by atoms with Crippen LogP contribution in [-0.2, 0) is 32.6 Å². The van der Waals surface area contributed by atoms with E-state index in [1.54, 1.807) is 31.2 Å². The summed E-state index contributed by atoms with van der Waals surface area (Å²) < 4.78 is 40.6. The van der Waals surface area contributed by atoms with Gasteiger partial charge in [-0.25, -0.2) is 12.8 Å². The van der Waals surface area contributed by atoms with Crippen LogP contribution in [0.15, 0.2) is 72.8 Å². The molecule has 9 heteroatoms. The molecule has 0 aliphatic heterocycles. The van der Waals surface area contributed by atoms with Crippen LogP contribution in [0.1, 0.15) is 36.1 Å². The van der Waals surface area contributed by atoms with E-state index in [1.807, 2.05) is 57.2 Å². The summed E-state index contributed by atoms with van der Waals surface area (Å²) in [7, 11) is -3.85. The van der Waals surface area contributed by atoms with Crippen molar-refractivity contribution in [3.05, 3.63) is 101 Å². The third kappa shape index (κ3) is 8.13. The molecule has 0 radical (unpaired) electrons. The second-order valence-electron chi connectivity index (χ2n) is 10.0. The first-order valence-electron chi connectivity index (χ1n) is 12.8. The Morgan fingerprint density at radius 2 is 1.54 bits per heavy atom. The highest BCUT2D eigenvalue weighted by molar-refractivity contribution is 7.92. The highest BCUT2D eigenvalue weighted by Crippen LogP contribution is 2.26. The maximum atomic E-state index is 14.0. The third-order valence-corrected chi connectivity index (χ3v) is 7.62. The molecule has 0 aromatic heterocycles. The molecular weight excluding hydrogens is 517 g/mol. The van der Waals surface area contributed by atoms with Crippen molar-refractivity contribution in [2.24, 2.45) is 0 Å². The molecule has 0 fully saturated rings. The number of anilines is 1. The number of carbonyl (C=O) groups excluding carboxylic acids is 2. The van der Waals surface area contributed by atoms with Crippen molar-refractivity contribution >= 4 is 27.5 Å². The van der Waals surface area contributed by atoms with Gasteiger partial charge in [0, 0.05) is 19.0 Å². The lowest BCUT2D eigenvalue weighted by Gasteiger charge is -2.34. The van der Waals surface area contributed by atoms with Gasteiger partial charge in [-0.2, -0.15) is 0 Å². The third-order valence-electron chi connectivity index (χ3n) is 6.49. The molecule has 0 aliphatic carbocycles. The fraction of sp³-hybridized carbons (Fsp3) is 0.333. The number of sulfonamides is 1. The van der Waals surface area contributed by atoms with Crippen LogP contribution < -0.4 is 9.62 Å². The molecule has 1 atom stereocenters. The fourth-order valence-corrected chi connectivity index (χ4v) is 5.22. The van der Waals surface area contributed by atoms with E-state index in [1.165, 1.54) is 17.0 Å². The molecular formula is C30H36FN3O4S. The van der Waals surface area contributed by atoms with Gasteiger partial charge in [0.15, 0.2) is 0 Å². The summed E-state index contributed by atoms with van der Waals surface area (Å²) in [5, 5.41) is 2.90. The molecule has 3 aromatic rings. The van der Waals surface area contributed by atoms with Crippen LogP contribution in [0.25, 0.3) is 0 Å². The fourth-order valence-electron chi connectivity index (χ4n) is 4.32. The van der Waals surface area contributed by atoms with Crippen LogP contribution >= 0.6 is 0 Å². The Balaban J connectivity index is 2.07. The van der Waals surface area contributed by atoms with Crippen molar-refractivity contribution in [2.75, 3.05) is 17.1 Å². The molecule has 2 amide bonds.